The lowest BCUT2D eigenvalue weighted by Crippen LogP contribution is -2.67. The van der Waals surface area contributed by atoms with Crippen molar-refractivity contribution in [3.63, 3.8) is 0 Å². The monoisotopic (exact) mass is 597 g/mol. The van der Waals surface area contributed by atoms with Crippen molar-refractivity contribution in [2.45, 2.75) is 5.54 Å². The van der Waals surface area contributed by atoms with E-state index in [1.54, 1.807) is 83.0 Å². The molecular weight excluding hydrogens is 578 g/mol. The SMILES string of the molecule is c1ccc(N2C(c3cccnn3)=C(c3ncccn3)C(c3cnccn3)(c3ccn[nH]3)N(c3cn[nH]n3)N2c2nn[nH]n2)nc1. The van der Waals surface area contributed by atoms with Gasteiger partial charge in [-0.25, -0.2) is 25.0 Å². The number of rotatable bonds is 7. The molecule has 0 radical (unpaired) electrons. The van der Waals surface area contributed by atoms with Crippen LogP contribution in [-0.4, -0.2) is 81.3 Å². The number of hydrogen-bond acceptors (Lipinski definition) is 16. The molecule has 8 rings (SSSR count). The number of nitrogens with zero attached hydrogens (tertiary/aromatic N) is 16. The Bertz CT molecular complexity index is 2000. The Kier molecular flexibility index (Phi) is 6.07. The lowest BCUT2D eigenvalue weighted by atomic mass is 9.78. The van der Waals surface area contributed by atoms with Crippen LogP contribution in [0.2, 0.25) is 0 Å². The number of aromatic nitrogens is 16. The van der Waals surface area contributed by atoms with Gasteiger partial charge in [0.2, 0.25) is 0 Å². The van der Waals surface area contributed by atoms with Crippen molar-refractivity contribution >= 4 is 28.9 Å². The zero-order valence-corrected chi connectivity index (χ0v) is 22.9. The van der Waals surface area contributed by atoms with Crippen LogP contribution in [0.5, 0.6) is 0 Å². The van der Waals surface area contributed by atoms with Crippen LogP contribution in [-0.2, 0) is 5.54 Å². The van der Waals surface area contributed by atoms with Crippen molar-refractivity contribution in [2.75, 3.05) is 15.1 Å². The number of hydrazine groups is 2. The van der Waals surface area contributed by atoms with Gasteiger partial charge in [0.15, 0.2) is 23.0 Å². The largest absolute Gasteiger partial charge is 0.304 e. The van der Waals surface area contributed by atoms with Crippen molar-refractivity contribution in [1.29, 1.82) is 0 Å². The summed E-state index contributed by atoms with van der Waals surface area (Å²) in [6, 6.07) is 12.6. The summed E-state index contributed by atoms with van der Waals surface area (Å²) >= 11 is 0. The third-order valence-corrected chi connectivity index (χ3v) is 6.93. The molecule has 0 bridgehead atoms. The maximum Gasteiger partial charge on any atom is 0.304 e. The van der Waals surface area contributed by atoms with Crippen LogP contribution in [0.25, 0.3) is 11.3 Å². The minimum Gasteiger partial charge on any atom is -0.279 e. The van der Waals surface area contributed by atoms with Gasteiger partial charge < -0.3 is 0 Å². The van der Waals surface area contributed by atoms with E-state index in [1.807, 2.05) is 30.3 Å². The number of nitrogens with one attached hydrogen (secondary N) is 3. The van der Waals surface area contributed by atoms with Gasteiger partial charge in [0.1, 0.15) is 11.4 Å². The first-order chi connectivity index (χ1) is 22.4. The van der Waals surface area contributed by atoms with Crippen molar-refractivity contribution in [3.8, 4) is 0 Å². The topological polar surface area (TPSA) is 225 Å². The summed E-state index contributed by atoms with van der Waals surface area (Å²) in [4.78, 5) is 23.5. The summed E-state index contributed by atoms with van der Waals surface area (Å²) < 4.78 is 0. The number of aromatic amines is 3. The third kappa shape index (κ3) is 4.02. The number of H-pyrrole nitrogens is 3. The van der Waals surface area contributed by atoms with Crippen LogP contribution in [0.3, 0.4) is 0 Å². The summed E-state index contributed by atoms with van der Waals surface area (Å²) in [7, 11) is 0. The first kappa shape index (κ1) is 25.6. The molecule has 1 aliphatic rings. The molecule has 0 spiro atoms. The Morgan fingerprint density at radius 2 is 1.62 bits per heavy atom. The highest BCUT2D eigenvalue weighted by Crippen LogP contribution is 2.54. The van der Waals surface area contributed by atoms with Gasteiger partial charge in [-0.3, -0.25) is 15.1 Å². The Labute approximate surface area is 252 Å². The molecule has 19 heteroatoms. The zero-order chi connectivity index (χ0) is 30.1. The van der Waals surface area contributed by atoms with Gasteiger partial charge in [-0.05, 0) is 41.6 Å². The van der Waals surface area contributed by atoms with E-state index in [4.69, 9.17) is 19.9 Å². The summed E-state index contributed by atoms with van der Waals surface area (Å²) in [6.45, 7) is 0. The van der Waals surface area contributed by atoms with Crippen molar-refractivity contribution < 1.29 is 0 Å². The molecule has 0 fully saturated rings. The number of anilines is 3. The maximum absolute atomic E-state index is 4.85. The van der Waals surface area contributed by atoms with E-state index in [9.17, 15) is 0 Å². The highest BCUT2D eigenvalue weighted by atomic mass is 15.9. The Morgan fingerprint density at radius 1 is 0.689 bits per heavy atom. The van der Waals surface area contributed by atoms with Crippen molar-refractivity contribution in [1.82, 2.24) is 81.3 Å². The van der Waals surface area contributed by atoms with Gasteiger partial charge in [0.25, 0.3) is 0 Å². The number of pyridine rings is 1. The molecular formula is C26H19N19. The van der Waals surface area contributed by atoms with E-state index in [1.165, 1.54) is 0 Å². The lowest BCUT2D eigenvalue weighted by Gasteiger charge is -2.55. The zero-order valence-electron chi connectivity index (χ0n) is 22.9. The van der Waals surface area contributed by atoms with Gasteiger partial charge in [-0.15, -0.1) is 20.4 Å². The van der Waals surface area contributed by atoms with Gasteiger partial charge in [-0.2, -0.15) is 25.7 Å². The molecule has 19 nitrogen and oxygen atoms in total. The molecule has 1 aliphatic heterocycles. The molecule has 0 aliphatic carbocycles. The minimum atomic E-state index is -1.53. The molecule has 7 aromatic heterocycles. The second-order valence-corrected chi connectivity index (χ2v) is 9.32. The van der Waals surface area contributed by atoms with E-state index in [0.29, 0.717) is 45.8 Å². The van der Waals surface area contributed by atoms with Crippen LogP contribution in [0.4, 0.5) is 17.6 Å². The van der Waals surface area contributed by atoms with E-state index < -0.39 is 5.54 Å². The first-order valence-electron chi connectivity index (χ1n) is 13.3. The Balaban J connectivity index is 1.65. The van der Waals surface area contributed by atoms with Gasteiger partial charge in [-0.1, -0.05) is 11.2 Å². The molecule has 0 amide bonds. The van der Waals surface area contributed by atoms with E-state index >= 15 is 0 Å². The maximum atomic E-state index is 4.85. The van der Waals surface area contributed by atoms with Crippen LogP contribution in [0, 0.1) is 0 Å². The molecule has 0 saturated carbocycles. The summed E-state index contributed by atoms with van der Waals surface area (Å²) in [5, 5.41) is 48.1. The molecule has 1 unspecified atom stereocenters. The number of tetrazole rings is 1. The molecule has 7 aromatic rings. The second kappa shape index (κ2) is 10.7. The molecule has 45 heavy (non-hydrogen) atoms. The van der Waals surface area contributed by atoms with Crippen molar-refractivity contribution in [3.05, 3.63) is 121 Å². The molecule has 3 N–H and O–H groups in total. The van der Waals surface area contributed by atoms with Crippen LogP contribution < -0.4 is 15.1 Å². The molecule has 8 heterocycles. The smallest absolute Gasteiger partial charge is 0.279 e. The fourth-order valence-electron chi connectivity index (χ4n) is 5.31. The summed E-state index contributed by atoms with van der Waals surface area (Å²) in [5.41, 5.74) is 0.812. The molecule has 0 aromatic carbocycles. The van der Waals surface area contributed by atoms with Crippen LogP contribution >= 0.6 is 0 Å². The van der Waals surface area contributed by atoms with Gasteiger partial charge >= 0.3 is 5.95 Å². The average Bonchev–Trinajstić information content (AvgIpc) is 3.94. The minimum absolute atomic E-state index is 0.103. The predicted molar refractivity (Wildman–Crippen MR) is 155 cm³/mol. The Morgan fingerprint density at radius 3 is 2.31 bits per heavy atom. The molecule has 1 atom stereocenters. The summed E-state index contributed by atoms with van der Waals surface area (Å²) in [6.07, 6.45) is 14.5. The Hall–Kier alpha value is -7.05. The first-order valence-corrected chi connectivity index (χ1v) is 13.3. The van der Waals surface area contributed by atoms with E-state index in [2.05, 4.69) is 61.4 Å². The highest BCUT2D eigenvalue weighted by Gasteiger charge is 2.59. The molecule has 0 saturated heterocycles. The fourth-order valence-corrected chi connectivity index (χ4v) is 5.31. The quantitative estimate of drug-likeness (QED) is 0.233. The van der Waals surface area contributed by atoms with Gasteiger partial charge in [0, 0.05) is 43.4 Å². The summed E-state index contributed by atoms with van der Waals surface area (Å²) in [5.74, 6) is 1.18. The molecule has 218 valence electrons. The fraction of sp³-hybridized carbons (Fsp3) is 0.0385. The van der Waals surface area contributed by atoms with Crippen molar-refractivity contribution in [2.24, 2.45) is 0 Å². The van der Waals surface area contributed by atoms with Crippen LogP contribution in [0.15, 0.2) is 98.2 Å². The predicted octanol–water partition coefficient (Wildman–Crippen LogP) is 0.981. The second-order valence-electron chi connectivity index (χ2n) is 9.32. The highest BCUT2D eigenvalue weighted by molar-refractivity contribution is 6.04. The normalized spacial score (nSPS) is 16.8. The lowest BCUT2D eigenvalue weighted by molar-refractivity contribution is 0.501. The average molecular weight is 598 g/mol. The third-order valence-electron chi connectivity index (χ3n) is 6.93. The van der Waals surface area contributed by atoms with E-state index in [0.717, 1.165) is 0 Å². The number of hydrogen-bond donors (Lipinski definition) is 3. The van der Waals surface area contributed by atoms with Crippen LogP contribution in [0.1, 0.15) is 22.9 Å². The standard InChI is InChI=1S/C26H19N19/c1-2-8-29-20(6-1)43-23(17-5-3-11-32-35-17)22(24-30-9-4-10-31-24)26(18-7-12-33-36-18,19-15-27-13-14-28-19)44(21-16-34-40-37-21)45(43)25-38-41-42-39-25/h1-16H,(H,33,36)(H,34,37,40)(H,38,39,41,42). The van der Waals surface area contributed by atoms with Gasteiger partial charge in [0.05, 0.1) is 29.4 Å². The van der Waals surface area contributed by atoms with E-state index in [-0.39, 0.29) is 5.95 Å².